The Morgan fingerprint density at radius 1 is 1.27 bits per heavy atom. The lowest BCUT2D eigenvalue weighted by atomic mass is 9.85. The van der Waals surface area contributed by atoms with Crippen LogP contribution in [0.4, 0.5) is 11.4 Å². The third-order valence-electron chi connectivity index (χ3n) is 3.96. The van der Waals surface area contributed by atoms with E-state index in [1.165, 1.54) is 0 Å². The van der Waals surface area contributed by atoms with E-state index < -0.39 is 0 Å². The molecule has 0 aliphatic carbocycles. The minimum atomic E-state index is 0.00237. The molecular weight excluding hydrogens is 278 g/mol. The van der Waals surface area contributed by atoms with Crippen molar-refractivity contribution in [3.8, 4) is 5.75 Å². The van der Waals surface area contributed by atoms with Crippen molar-refractivity contribution in [1.82, 2.24) is 4.98 Å². The Balaban J connectivity index is 2.05. The molecule has 1 amide bonds. The lowest BCUT2D eigenvalue weighted by Crippen LogP contribution is -2.24. The van der Waals surface area contributed by atoms with E-state index in [0.29, 0.717) is 12.2 Å². The molecule has 1 unspecified atom stereocenters. The molecule has 3 rings (SSSR count). The lowest BCUT2D eigenvalue weighted by Gasteiger charge is -2.27. The molecule has 114 valence electrons. The van der Waals surface area contributed by atoms with Gasteiger partial charge in [0, 0.05) is 44.0 Å². The monoisotopic (exact) mass is 297 g/mol. The lowest BCUT2D eigenvalue weighted by molar-refractivity contribution is -0.116. The summed E-state index contributed by atoms with van der Waals surface area (Å²) in [4.78, 5) is 18.3. The number of carbonyl (C=O) groups excluding carboxylic acids is 1. The second-order valence-corrected chi connectivity index (χ2v) is 5.63. The minimum Gasteiger partial charge on any atom is -0.495 e. The average Bonchev–Trinajstić information content (AvgIpc) is 2.53. The van der Waals surface area contributed by atoms with Crippen molar-refractivity contribution < 1.29 is 9.53 Å². The molecule has 22 heavy (non-hydrogen) atoms. The summed E-state index contributed by atoms with van der Waals surface area (Å²) >= 11 is 0. The second-order valence-electron chi connectivity index (χ2n) is 5.63. The summed E-state index contributed by atoms with van der Waals surface area (Å²) in [5, 5.41) is 2.97. The summed E-state index contributed by atoms with van der Waals surface area (Å²) in [5.74, 6) is 0.730. The van der Waals surface area contributed by atoms with Gasteiger partial charge in [0.25, 0.3) is 0 Å². The van der Waals surface area contributed by atoms with Crippen LogP contribution in [0.1, 0.15) is 23.5 Å². The van der Waals surface area contributed by atoms with E-state index in [4.69, 9.17) is 4.74 Å². The van der Waals surface area contributed by atoms with E-state index in [9.17, 15) is 4.79 Å². The van der Waals surface area contributed by atoms with Gasteiger partial charge in [-0.1, -0.05) is 6.07 Å². The molecule has 1 aliphatic rings. The van der Waals surface area contributed by atoms with Gasteiger partial charge >= 0.3 is 0 Å². The summed E-state index contributed by atoms with van der Waals surface area (Å²) in [5.41, 5.74) is 4.03. The van der Waals surface area contributed by atoms with Gasteiger partial charge in [0.2, 0.25) is 5.91 Å². The number of nitrogens with one attached hydrogen (secondary N) is 1. The molecule has 1 aromatic heterocycles. The van der Waals surface area contributed by atoms with Gasteiger partial charge in [0.05, 0.1) is 13.3 Å². The van der Waals surface area contributed by atoms with Gasteiger partial charge in [0.1, 0.15) is 5.75 Å². The van der Waals surface area contributed by atoms with E-state index in [2.05, 4.69) is 22.4 Å². The molecule has 1 aliphatic heterocycles. The SMILES string of the molecule is COc1cncc(C2CC(=O)Nc3cc(N(C)C)ccc32)c1. The van der Waals surface area contributed by atoms with E-state index in [-0.39, 0.29) is 11.8 Å². The largest absolute Gasteiger partial charge is 0.495 e. The van der Waals surface area contributed by atoms with Crippen LogP contribution in [-0.4, -0.2) is 32.1 Å². The molecule has 0 spiro atoms. The highest BCUT2D eigenvalue weighted by Gasteiger charge is 2.27. The Morgan fingerprint density at radius 2 is 2.09 bits per heavy atom. The molecule has 1 atom stereocenters. The fourth-order valence-corrected chi connectivity index (χ4v) is 2.77. The molecule has 1 aromatic carbocycles. The van der Waals surface area contributed by atoms with Crippen molar-refractivity contribution in [2.45, 2.75) is 12.3 Å². The summed E-state index contributed by atoms with van der Waals surface area (Å²) in [6.07, 6.45) is 3.89. The fraction of sp³-hybridized carbons (Fsp3) is 0.294. The van der Waals surface area contributed by atoms with Crippen LogP contribution in [0.15, 0.2) is 36.7 Å². The van der Waals surface area contributed by atoms with Crippen molar-refractivity contribution in [3.63, 3.8) is 0 Å². The number of amides is 1. The fourth-order valence-electron chi connectivity index (χ4n) is 2.77. The number of fused-ring (bicyclic) bond motifs is 1. The number of hydrogen-bond acceptors (Lipinski definition) is 4. The van der Waals surface area contributed by atoms with Gasteiger partial charge in [-0.2, -0.15) is 0 Å². The maximum absolute atomic E-state index is 12.1. The highest BCUT2D eigenvalue weighted by atomic mass is 16.5. The number of anilines is 2. The van der Waals surface area contributed by atoms with Gasteiger partial charge in [-0.3, -0.25) is 9.78 Å². The second kappa shape index (κ2) is 5.67. The molecule has 0 saturated carbocycles. The molecule has 5 nitrogen and oxygen atoms in total. The minimum absolute atomic E-state index is 0.00237. The maximum atomic E-state index is 12.1. The first kappa shape index (κ1) is 14.4. The summed E-state index contributed by atoms with van der Waals surface area (Å²) in [7, 11) is 5.58. The first-order chi connectivity index (χ1) is 10.6. The predicted octanol–water partition coefficient (Wildman–Crippen LogP) is 2.63. The molecule has 1 N–H and O–H groups in total. The highest BCUT2D eigenvalue weighted by Crippen LogP contribution is 2.39. The topological polar surface area (TPSA) is 54.5 Å². The predicted molar refractivity (Wildman–Crippen MR) is 86.6 cm³/mol. The highest BCUT2D eigenvalue weighted by molar-refractivity contribution is 5.96. The number of hydrogen-bond donors (Lipinski definition) is 1. The number of nitrogens with zero attached hydrogens (tertiary/aromatic N) is 2. The van der Waals surface area contributed by atoms with Crippen LogP contribution in [0.25, 0.3) is 0 Å². The van der Waals surface area contributed by atoms with Gasteiger partial charge in [-0.15, -0.1) is 0 Å². The quantitative estimate of drug-likeness (QED) is 0.946. The van der Waals surface area contributed by atoms with E-state index >= 15 is 0 Å². The van der Waals surface area contributed by atoms with Crippen molar-refractivity contribution in [3.05, 3.63) is 47.8 Å². The molecular formula is C17H19N3O2. The van der Waals surface area contributed by atoms with Crippen LogP contribution in [-0.2, 0) is 4.79 Å². The molecule has 0 radical (unpaired) electrons. The summed E-state index contributed by atoms with van der Waals surface area (Å²) < 4.78 is 5.24. The Hall–Kier alpha value is -2.56. The molecule has 2 aromatic rings. The first-order valence-corrected chi connectivity index (χ1v) is 7.18. The number of carbonyl (C=O) groups is 1. The smallest absolute Gasteiger partial charge is 0.225 e. The van der Waals surface area contributed by atoms with Gasteiger partial charge in [-0.05, 0) is 29.3 Å². The van der Waals surface area contributed by atoms with Crippen LogP contribution in [0.5, 0.6) is 5.75 Å². The third kappa shape index (κ3) is 2.62. The van der Waals surface area contributed by atoms with Gasteiger partial charge in [0.15, 0.2) is 0 Å². The zero-order chi connectivity index (χ0) is 15.7. The summed E-state index contributed by atoms with van der Waals surface area (Å²) in [6.45, 7) is 0. The Kier molecular flexibility index (Phi) is 3.71. The average molecular weight is 297 g/mol. The van der Waals surface area contributed by atoms with Crippen LogP contribution < -0.4 is 15.0 Å². The number of benzene rings is 1. The first-order valence-electron chi connectivity index (χ1n) is 7.18. The van der Waals surface area contributed by atoms with Gasteiger partial charge in [-0.25, -0.2) is 0 Å². The maximum Gasteiger partial charge on any atom is 0.225 e. The van der Waals surface area contributed by atoms with E-state index in [1.807, 2.05) is 31.1 Å². The van der Waals surface area contributed by atoms with Crippen molar-refractivity contribution >= 4 is 17.3 Å². The Labute approximate surface area is 129 Å². The molecule has 5 heteroatoms. The van der Waals surface area contributed by atoms with Crippen molar-refractivity contribution in [2.75, 3.05) is 31.4 Å². The molecule has 0 saturated heterocycles. The van der Waals surface area contributed by atoms with E-state index in [1.54, 1.807) is 19.5 Å². The number of ether oxygens (including phenoxy) is 1. The third-order valence-corrected chi connectivity index (χ3v) is 3.96. The summed E-state index contributed by atoms with van der Waals surface area (Å²) in [6, 6.07) is 8.10. The zero-order valence-corrected chi connectivity index (χ0v) is 13.0. The van der Waals surface area contributed by atoms with E-state index in [0.717, 1.165) is 22.5 Å². The zero-order valence-electron chi connectivity index (χ0n) is 13.0. The standard InChI is InChI=1S/C17H19N3O2/c1-20(2)12-4-5-14-15(8-17(21)19-16(14)7-12)11-6-13(22-3)10-18-9-11/h4-7,9-10,15H,8H2,1-3H3,(H,19,21). The van der Waals surface area contributed by atoms with Crippen molar-refractivity contribution in [1.29, 1.82) is 0 Å². The molecule has 0 bridgehead atoms. The number of aromatic nitrogens is 1. The van der Waals surface area contributed by atoms with Crippen LogP contribution in [0.3, 0.4) is 0 Å². The van der Waals surface area contributed by atoms with Gasteiger partial charge < -0.3 is 15.0 Å². The molecule has 0 fully saturated rings. The number of rotatable bonds is 3. The van der Waals surface area contributed by atoms with Crippen molar-refractivity contribution in [2.24, 2.45) is 0 Å². The number of methoxy groups -OCH3 is 1. The Morgan fingerprint density at radius 3 is 2.82 bits per heavy atom. The van der Waals surface area contributed by atoms with Crippen LogP contribution >= 0.6 is 0 Å². The Bertz CT molecular complexity index is 713. The van der Waals surface area contributed by atoms with Crippen LogP contribution in [0.2, 0.25) is 0 Å². The molecule has 2 heterocycles. The number of pyridine rings is 1. The van der Waals surface area contributed by atoms with Crippen LogP contribution in [0, 0.1) is 0 Å². The normalized spacial score (nSPS) is 16.7.